The number of rotatable bonds is 5. The van der Waals surface area contributed by atoms with Gasteiger partial charge in [-0.15, -0.1) is 0 Å². The van der Waals surface area contributed by atoms with E-state index in [1.807, 2.05) is 0 Å². The molecule has 0 saturated heterocycles. The maximum atomic E-state index is 13.6. The van der Waals surface area contributed by atoms with Crippen molar-refractivity contribution < 1.29 is 13.6 Å². The number of benzene rings is 2. The minimum Gasteiger partial charge on any atom is -0.347 e. The first kappa shape index (κ1) is 16.5. The van der Waals surface area contributed by atoms with Crippen molar-refractivity contribution in [2.75, 3.05) is 5.32 Å². The minimum atomic E-state index is -0.465. The van der Waals surface area contributed by atoms with Gasteiger partial charge in [-0.3, -0.25) is 4.79 Å². The fourth-order valence-corrected chi connectivity index (χ4v) is 2.15. The summed E-state index contributed by atoms with van der Waals surface area (Å²) in [5.41, 5.74) is 0.956. The van der Waals surface area contributed by atoms with Crippen LogP contribution in [0.3, 0.4) is 0 Å². The van der Waals surface area contributed by atoms with E-state index < -0.39 is 11.7 Å². The van der Waals surface area contributed by atoms with E-state index in [9.17, 15) is 13.6 Å². The Balaban J connectivity index is 1.68. The van der Waals surface area contributed by atoms with Crippen molar-refractivity contribution in [1.82, 2.24) is 15.3 Å². The van der Waals surface area contributed by atoms with Crippen LogP contribution in [0.4, 0.5) is 20.4 Å². The maximum absolute atomic E-state index is 13.6. The Bertz CT molecular complexity index is 902. The van der Waals surface area contributed by atoms with Crippen LogP contribution in [0.25, 0.3) is 0 Å². The van der Waals surface area contributed by atoms with Crippen LogP contribution in [-0.4, -0.2) is 15.9 Å². The predicted octanol–water partition coefficient (Wildman–Crippen LogP) is 3.43. The van der Waals surface area contributed by atoms with E-state index in [1.54, 1.807) is 30.3 Å². The first-order valence-corrected chi connectivity index (χ1v) is 7.49. The van der Waals surface area contributed by atoms with Gasteiger partial charge in [0.05, 0.1) is 0 Å². The van der Waals surface area contributed by atoms with Crippen molar-refractivity contribution in [3.05, 3.63) is 83.7 Å². The molecule has 7 heteroatoms. The number of amides is 1. The molecule has 0 radical (unpaired) electrons. The van der Waals surface area contributed by atoms with Gasteiger partial charge in [-0.2, -0.15) is 0 Å². The fraction of sp³-hybridized carbons (Fsp3) is 0.0556. The van der Waals surface area contributed by atoms with Gasteiger partial charge in [-0.1, -0.05) is 24.3 Å². The van der Waals surface area contributed by atoms with Crippen LogP contribution in [0.1, 0.15) is 16.1 Å². The van der Waals surface area contributed by atoms with Crippen LogP contribution in [0, 0.1) is 11.6 Å². The summed E-state index contributed by atoms with van der Waals surface area (Å²) in [6.45, 7) is 0.0438. The summed E-state index contributed by atoms with van der Waals surface area (Å²) in [7, 11) is 0. The lowest BCUT2D eigenvalue weighted by Gasteiger charge is -2.08. The molecule has 2 N–H and O–H groups in total. The second-order valence-corrected chi connectivity index (χ2v) is 5.17. The number of aromatic nitrogens is 2. The summed E-state index contributed by atoms with van der Waals surface area (Å²) in [6, 6.07) is 13.4. The quantitative estimate of drug-likeness (QED) is 0.747. The molecule has 3 aromatic rings. The van der Waals surface area contributed by atoms with E-state index in [0.717, 1.165) is 0 Å². The number of nitrogens with zero attached hydrogens (tertiary/aromatic N) is 2. The SMILES string of the molecule is O=C(NCc1ccccc1F)c1ccnc(Nc2cccc(F)c2)n1. The van der Waals surface area contributed by atoms with E-state index in [-0.39, 0.29) is 24.0 Å². The standard InChI is InChI=1S/C18H14F2N4O/c19-13-5-3-6-14(10-13)23-18-21-9-8-16(24-18)17(25)22-11-12-4-1-2-7-15(12)20/h1-10H,11H2,(H,22,25)(H,21,23,24). The highest BCUT2D eigenvalue weighted by molar-refractivity contribution is 5.92. The number of halogens is 2. The molecule has 0 unspecified atom stereocenters. The Kier molecular flexibility index (Phi) is 4.94. The molecule has 1 heterocycles. The fourth-order valence-electron chi connectivity index (χ4n) is 2.15. The molecule has 0 aliphatic carbocycles. The Hall–Kier alpha value is -3.35. The first-order chi connectivity index (χ1) is 12.1. The van der Waals surface area contributed by atoms with Gasteiger partial charge in [0.2, 0.25) is 5.95 Å². The van der Waals surface area contributed by atoms with Crippen molar-refractivity contribution >= 4 is 17.5 Å². The van der Waals surface area contributed by atoms with Gasteiger partial charge in [-0.05, 0) is 30.3 Å². The molecule has 0 bridgehead atoms. The highest BCUT2D eigenvalue weighted by Crippen LogP contribution is 2.14. The second-order valence-electron chi connectivity index (χ2n) is 5.17. The average Bonchev–Trinajstić information content (AvgIpc) is 2.61. The monoisotopic (exact) mass is 340 g/mol. The van der Waals surface area contributed by atoms with Gasteiger partial charge in [0.25, 0.3) is 5.91 Å². The lowest BCUT2D eigenvalue weighted by atomic mass is 10.2. The second kappa shape index (κ2) is 7.48. The molecular weight excluding hydrogens is 326 g/mol. The van der Waals surface area contributed by atoms with Crippen LogP contribution >= 0.6 is 0 Å². The summed E-state index contributed by atoms with van der Waals surface area (Å²) >= 11 is 0. The van der Waals surface area contributed by atoms with Gasteiger partial charge in [0, 0.05) is 24.0 Å². The molecule has 0 fully saturated rings. The lowest BCUT2D eigenvalue weighted by molar-refractivity contribution is 0.0945. The average molecular weight is 340 g/mol. The first-order valence-electron chi connectivity index (χ1n) is 7.49. The van der Waals surface area contributed by atoms with E-state index >= 15 is 0 Å². The van der Waals surface area contributed by atoms with Crippen LogP contribution in [-0.2, 0) is 6.54 Å². The zero-order chi connectivity index (χ0) is 17.6. The summed E-state index contributed by atoms with van der Waals surface area (Å²) < 4.78 is 26.8. The smallest absolute Gasteiger partial charge is 0.270 e. The number of anilines is 2. The van der Waals surface area contributed by atoms with Gasteiger partial charge < -0.3 is 10.6 Å². The van der Waals surface area contributed by atoms with E-state index in [1.165, 1.54) is 30.5 Å². The third-order valence-electron chi connectivity index (χ3n) is 3.37. The van der Waals surface area contributed by atoms with E-state index in [0.29, 0.717) is 11.3 Å². The number of carbonyl (C=O) groups excluding carboxylic acids is 1. The van der Waals surface area contributed by atoms with Crippen molar-refractivity contribution in [2.45, 2.75) is 6.54 Å². The van der Waals surface area contributed by atoms with Gasteiger partial charge in [0.15, 0.2) is 0 Å². The molecule has 2 aromatic carbocycles. The van der Waals surface area contributed by atoms with E-state index in [4.69, 9.17) is 0 Å². The van der Waals surface area contributed by atoms with Gasteiger partial charge in [0.1, 0.15) is 17.3 Å². The number of nitrogens with one attached hydrogen (secondary N) is 2. The molecule has 0 saturated carbocycles. The normalized spacial score (nSPS) is 10.3. The Morgan fingerprint density at radius 2 is 1.88 bits per heavy atom. The largest absolute Gasteiger partial charge is 0.347 e. The molecule has 126 valence electrons. The molecule has 5 nitrogen and oxygen atoms in total. The van der Waals surface area contributed by atoms with Gasteiger partial charge in [-0.25, -0.2) is 18.7 Å². The summed E-state index contributed by atoms with van der Waals surface area (Å²) in [5.74, 6) is -1.10. The van der Waals surface area contributed by atoms with Crippen LogP contribution in [0.5, 0.6) is 0 Å². The molecule has 1 aromatic heterocycles. The molecule has 1 amide bonds. The zero-order valence-corrected chi connectivity index (χ0v) is 13.0. The van der Waals surface area contributed by atoms with Crippen LogP contribution in [0.15, 0.2) is 60.8 Å². The van der Waals surface area contributed by atoms with Crippen molar-refractivity contribution in [3.63, 3.8) is 0 Å². The van der Waals surface area contributed by atoms with Crippen LogP contribution in [0.2, 0.25) is 0 Å². The third-order valence-corrected chi connectivity index (χ3v) is 3.37. The molecule has 0 spiro atoms. The minimum absolute atomic E-state index is 0.0438. The van der Waals surface area contributed by atoms with Crippen molar-refractivity contribution in [2.24, 2.45) is 0 Å². The topological polar surface area (TPSA) is 66.9 Å². The summed E-state index contributed by atoms with van der Waals surface area (Å²) in [5, 5.41) is 5.42. The van der Waals surface area contributed by atoms with Crippen molar-refractivity contribution in [1.29, 1.82) is 0 Å². The summed E-state index contributed by atoms with van der Waals surface area (Å²) in [6.07, 6.45) is 1.41. The molecule has 0 aliphatic heterocycles. The highest BCUT2D eigenvalue weighted by atomic mass is 19.1. The van der Waals surface area contributed by atoms with Crippen molar-refractivity contribution in [3.8, 4) is 0 Å². The molecular formula is C18H14F2N4O. The summed E-state index contributed by atoms with van der Waals surface area (Å²) in [4.78, 5) is 20.3. The molecule has 0 aliphatic rings. The Morgan fingerprint density at radius 3 is 2.68 bits per heavy atom. The molecule has 3 rings (SSSR count). The van der Waals surface area contributed by atoms with Gasteiger partial charge >= 0.3 is 0 Å². The number of hydrogen-bond acceptors (Lipinski definition) is 4. The van der Waals surface area contributed by atoms with E-state index in [2.05, 4.69) is 20.6 Å². The predicted molar refractivity (Wildman–Crippen MR) is 89.3 cm³/mol. The zero-order valence-electron chi connectivity index (χ0n) is 13.0. The highest BCUT2D eigenvalue weighted by Gasteiger charge is 2.10. The third kappa shape index (κ3) is 4.35. The Morgan fingerprint density at radius 1 is 1.04 bits per heavy atom. The number of carbonyl (C=O) groups is 1. The lowest BCUT2D eigenvalue weighted by Crippen LogP contribution is -2.24. The number of hydrogen-bond donors (Lipinski definition) is 2. The van der Waals surface area contributed by atoms with Crippen LogP contribution < -0.4 is 10.6 Å². The maximum Gasteiger partial charge on any atom is 0.270 e. The molecule has 25 heavy (non-hydrogen) atoms. The Labute approximate surface area is 142 Å². The molecule has 0 atom stereocenters.